The second-order valence-corrected chi connectivity index (χ2v) is 13.5. The van der Waals surface area contributed by atoms with Crippen molar-refractivity contribution in [1.82, 2.24) is 9.78 Å². The molecule has 4 aliphatic carbocycles. The number of nitrogens with zero attached hydrogens (tertiary/aromatic N) is 2. The third-order valence-corrected chi connectivity index (χ3v) is 11.6. The fraction of sp³-hybridized carbons (Fsp3) is 0.531. The van der Waals surface area contributed by atoms with Crippen LogP contribution in [0.25, 0.3) is 11.8 Å². The Bertz CT molecular complexity index is 1570. The van der Waals surface area contributed by atoms with E-state index in [1.54, 1.807) is 12.3 Å². The fourth-order valence-electron chi connectivity index (χ4n) is 9.35. The van der Waals surface area contributed by atoms with Crippen molar-refractivity contribution in [2.45, 2.75) is 70.5 Å². The SMILES string of the molecule is C[C@]12Cc3cnn(-c4ccc(F)cc4F)c3C=C1CC[C@@H]1[C@@H]2[C@@H](O)C[C@@]2(C)[C@H]1CCC2(OC(=O)C1=CCCO1)C(=O)S. The van der Waals surface area contributed by atoms with E-state index in [0.717, 1.165) is 30.2 Å². The van der Waals surface area contributed by atoms with Crippen molar-refractivity contribution in [1.29, 1.82) is 0 Å². The Kier molecular flexibility index (Phi) is 6.30. The van der Waals surface area contributed by atoms with Crippen molar-refractivity contribution >= 4 is 29.8 Å². The number of halogens is 2. The second-order valence-electron chi connectivity index (χ2n) is 13.1. The topological polar surface area (TPSA) is 90.7 Å². The molecule has 10 heteroatoms. The first-order valence-electron chi connectivity index (χ1n) is 14.7. The first kappa shape index (κ1) is 27.8. The van der Waals surface area contributed by atoms with Gasteiger partial charge in [0, 0.05) is 17.9 Å². The Balaban J connectivity index is 1.22. The molecule has 3 fully saturated rings. The summed E-state index contributed by atoms with van der Waals surface area (Å²) in [4.78, 5) is 26.3. The lowest BCUT2D eigenvalue weighted by Crippen LogP contribution is -2.62. The van der Waals surface area contributed by atoms with E-state index in [9.17, 15) is 23.5 Å². The number of benzene rings is 1. The summed E-state index contributed by atoms with van der Waals surface area (Å²) in [6.45, 7) is 4.57. The largest absolute Gasteiger partial charge is 0.486 e. The number of fused-ring (bicyclic) bond motifs is 6. The molecule has 222 valence electrons. The standard InChI is InChI=1S/C32H34F2N2O5S/c1-30-14-17-16-35-36(23-8-6-19(33)13-22(23)34)24(17)12-18(30)5-7-20-21-9-10-32(29(39)42,31(21,2)15-25(37)27(20)30)41-28(38)26-4-3-11-40-26/h4,6,8,12-13,16,20-21,25,27,37H,3,5,7,9-11,14-15H2,1-2H3,(H,39,42)/t20-,21-,25-,27+,30-,31-,32?/m0/s1. The van der Waals surface area contributed by atoms with E-state index in [0.29, 0.717) is 38.7 Å². The Morgan fingerprint density at radius 3 is 2.76 bits per heavy atom. The van der Waals surface area contributed by atoms with Gasteiger partial charge >= 0.3 is 5.97 Å². The van der Waals surface area contributed by atoms with Gasteiger partial charge in [0.1, 0.15) is 11.5 Å². The van der Waals surface area contributed by atoms with E-state index >= 15 is 0 Å². The van der Waals surface area contributed by atoms with E-state index in [-0.39, 0.29) is 34.6 Å². The Morgan fingerprint density at radius 1 is 1.24 bits per heavy atom. The van der Waals surface area contributed by atoms with Crippen LogP contribution in [0, 0.1) is 40.2 Å². The molecular weight excluding hydrogens is 562 g/mol. The van der Waals surface area contributed by atoms with Crippen LogP contribution in [0.15, 0.2) is 41.8 Å². The molecule has 1 aromatic carbocycles. The van der Waals surface area contributed by atoms with Crippen molar-refractivity contribution in [3.8, 4) is 5.69 Å². The lowest BCUT2D eigenvalue weighted by atomic mass is 9.45. The van der Waals surface area contributed by atoms with E-state index in [1.807, 2.05) is 6.92 Å². The highest BCUT2D eigenvalue weighted by Crippen LogP contribution is 2.68. The number of aliphatic hydroxyl groups is 1. The molecule has 7 rings (SSSR count). The summed E-state index contributed by atoms with van der Waals surface area (Å²) in [5, 5.41) is 15.9. The number of aromatic nitrogens is 2. The van der Waals surface area contributed by atoms with Gasteiger partial charge in [-0.3, -0.25) is 4.79 Å². The molecular formula is C32H34F2N2O5S. The van der Waals surface area contributed by atoms with Crippen molar-refractivity contribution in [2.75, 3.05) is 6.61 Å². The van der Waals surface area contributed by atoms with Gasteiger partial charge in [0.05, 0.1) is 24.6 Å². The number of ether oxygens (including phenoxy) is 2. The Hall–Kier alpha value is -2.98. The van der Waals surface area contributed by atoms with Crippen LogP contribution in [0.1, 0.15) is 63.6 Å². The van der Waals surface area contributed by atoms with Crippen molar-refractivity contribution < 1.29 is 33.0 Å². The number of rotatable bonds is 4. The number of esters is 1. The Labute approximate surface area is 248 Å². The molecule has 0 amide bonds. The van der Waals surface area contributed by atoms with Crippen LogP contribution in [0.2, 0.25) is 0 Å². The molecule has 1 unspecified atom stereocenters. The minimum absolute atomic E-state index is 0.0454. The van der Waals surface area contributed by atoms with Crippen LogP contribution < -0.4 is 0 Å². The van der Waals surface area contributed by atoms with Crippen LogP contribution >= 0.6 is 12.6 Å². The lowest BCUT2D eigenvalue weighted by molar-refractivity contribution is -0.195. The van der Waals surface area contributed by atoms with Crippen LogP contribution in [-0.4, -0.2) is 44.3 Å². The van der Waals surface area contributed by atoms with Gasteiger partial charge in [-0.1, -0.05) is 19.4 Å². The first-order chi connectivity index (χ1) is 20.0. The van der Waals surface area contributed by atoms with Gasteiger partial charge in [0.2, 0.25) is 10.9 Å². The number of carbonyl (C=O) groups is 2. The predicted molar refractivity (Wildman–Crippen MR) is 152 cm³/mol. The molecule has 2 heterocycles. The van der Waals surface area contributed by atoms with Gasteiger partial charge in [-0.05, 0) is 91.5 Å². The molecule has 7 nitrogen and oxygen atoms in total. The molecule has 1 aliphatic heterocycles. The summed E-state index contributed by atoms with van der Waals surface area (Å²) in [7, 11) is 0. The molecule has 2 aromatic rings. The molecule has 0 bridgehead atoms. The molecule has 0 spiro atoms. The van der Waals surface area contributed by atoms with Gasteiger partial charge in [-0.25, -0.2) is 18.3 Å². The van der Waals surface area contributed by atoms with Crippen LogP contribution in [0.5, 0.6) is 0 Å². The monoisotopic (exact) mass is 596 g/mol. The third-order valence-electron chi connectivity index (χ3n) is 11.2. The fourth-order valence-corrected chi connectivity index (χ4v) is 9.76. The maximum absolute atomic E-state index is 14.7. The summed E-state index contributed by atoms with van der Waals surface area (Å²) in [6, 6.07) is 3.47. The average molecular weight is 597 g/mol. The number of allylic oxidation sites excluding steroid dienone is 1. The van der Waals surface area contributed by atoms with Crippen LogP contribution in [-0.2, 0) is 25.5 Å². The molecule has 42 heavy (non-hydrogen) atoms. The summed E-state index contributed by atoms with van der Waals surface area (Å²) in [5.74, 6) is -1.79. The maximum atomic E-state index is 14.7. The summed E-state index contributed by atoms with van der Waals surface area (Å²) < 4.78 is 41.2. The zero-order chi connectivity index (χ0) is 29.6. The molecule has 3 saturated carbocycles. The average Bonchev–Trinajstić information content (AvgIpc) is 3.66. The maximum Gasteiger partial charge on any atom is 0.374 e. The predicted octanol–water partition coefficient (Wildman–Crippen LogP) is 5.35. The molecule has 7 atom stereocenters. The number of aliphatic hydroxyl groups excluding tert-OH is 1. The van der Waals surface area contributed by atoms with Crippen LogP contribution in [0.3, 0.4) is 0 Å². The highest BCUT2D eigenvalue weighted by Gasteiger charge is 2.70. The van der Waals surface area contributed by atoms with E-state index in [2.05, 4.69) is 30.7 Å². The van der Waals surface area contributed by atoms with Gasteiger partial charge in [0.25, 0.3) is 0 Å². The highest BCUT2D eigenvalue weighted by atomic mass is 32.1. The minimum atomic E-state index is -1.45. The number of hydrogen-bond donors (Lipinski definition) is 2. The van der Waals surface area contributed by atoms with Gasteiger partial charge in [0.15, 0.2) is 11.4 Å². The highest BCUT2D eigenvalue weighted by molar-refractivity contribution is 7.96. The quantitative estimate of drug-likeness (QED) is 0.366. The normalized spacial score (nSPS) is 36.5. The van der Waals surface area contributed by atoms with E-state index in [1.165, 1.54) is 22.4 Å². The number of thiol groups is 1. The van der Waals surface area contributed by atoms with E-state index in [4.69, 9.17) is 9.47 Å². The van der Waals surface area contributed by atoms with Crippen molar-refractivity contribution in [2.24, 2.45) is 28.6 Å². The van der Waals surface area contributed by atoms with Crippen molar-refractivity contribution in [3.63, 3.8) is 0 Å². The number of hydrogen-bond acceptors (Lipinski definition) is 6. The summed E-state index contributed by atoms with van der Waals surface area (Å²) in [5.41, 5.74) is 0.467. The summed E-state index contributed by atoms with van der Waals surface area (Å²) in [6.07, 6.45) is 8.88. The van der Waals surface area contributed by atoms with E-state index < -0.39 is 39.8 Å². The van der Waals surface area contributed by atoms with Gasteiger partial charge in [-0.15, -0.1) is 12.6 Å². The molecule has 0 radical (unpaired) electrons. The lowest BCUT2D eigenvalue weighted by Gasteiger charge is -2.60. The van der Waals surface area contributed by atoms with Gasteiger partial charge in [-0.2, -0.15) is 5.10 Å². The second kappa shape index (κ2) is 9.51. The smallest absolute Gasteiger partial charge is 0.374 e. The zero-order valence-corrected chi connectivity index (χ0v) is 24.5. The summed E-state index contributed by atoms with van der Waals surface area (Å²) >= 11 is 4.26. The van der Waals surface area contributed by atoms with Crippen LogP contribution in [0.4, 0.5) is 8.78 Å². The van der Waals surface area contributed by atoms with Crippen molar-refractivity contribution in [3.05, 3.63) is 64.7 Å². The van der Waals surface area contributed by atoms with Gasteiger partial charge < -0.3 is 14.6 Å². The minimum Gasteiger partial charge on any atom is -0.486 e. The molecule has 1 aromatic heterocycles. The third kappa shape index (κ3) is 3.76. The molecule has 1 N–H and O–H groups in total. The zero-order valence-electron chi connectivity index (χ0n) is 23.6. The molecule has 0 saturated heterocycles. The number of carbonyl (C=O) groups excluding carboxylic acids is 2. The molecule has 5 aliphatic rings. The Morgan fingerprint density at radius 2 is 2.05 bits per heavy atom. The first-order valence-corrected chi connectivity index (χ1v) is 15.1.